The van der Waals surface area contributed by atoms with Crippen LogP contribution in [0.3, 0.4) is 0 Å². The third kappa shape index (κ3) is 6.65. The van der Waals surface area contributed by atoms with Gasteiger partial charge in [0.05, 0.1) is 10.6 Å². The number of aromatic nitrogens is 1. The van der Waals surface area contributed by atoms with Crippen molar-refractivity contribution in [3.8, 4) is 5.75 Å². The van der Waals surface area contributed by atoms with Crippen molar-refractivity contribution in [1.82, 2.24) is 9.71 Å². The SMILES string of the molecule is O=C(CNS(=O)(=O)c1cccc(Br)c1)OCc1ccc(OCc2ccccn2)cc1. The van der Waals surface area contributed by atoms with E-state index in [1.54, 1.807) is 42.6 Å². The van der Waals surface area contributed by atoms with Gasteiger partial charge in [0.15, 0.2) is 0 Å². The molecule has 0 atom stereocenters. The maximum Gasteiger partial charge on any atom is 0.321 e. The second-order valence-corrected chi connectivity index (χ2v) is 8.88. The summed E-state index contributed by atoms with van der Waals surface area (Å²) >= 11 is 3.22. The molecule has 0 aliphatic rings. The zero-order chi connectivity index (χ0) is 21.4. The molecule has 2 aromatic carbocycles. The average Bonchev–Trinajstić information content (AvgIpc) is 2.76. The maximum atomic E-state index is 12.2. The Hall–Kier alpha value is -2.75. The van der Waals surface area contributed by atoms with Crippen molar-refractivity contribution >= 4 is 31.9 Å². The summed E-state index contributed by atoms with van der Waals surface area (Å²) in [6.45, 7) is -0.0780. The highest BCUT2D eigenvalue weighted by molar-refractivity contribution is 9.10. The summed E-state index contributed by atoms with van der Waals surface area (Å²) in [5.41, 5.74) is 1.57. The van der Waals surface area contributed by atoms with E-state index in [2.05, 4.69) is 25.6 Å². The molecule has 0 saturated carbocycles. The maximum absolute atomic E-state index is 12.2. The van der Waals surface area contributed by atoms with Gasteiger partial charge in [0, 0.05) is 10.7 Å². The number of ether oxygens (including phenoxy) is 2. The van der Waals surface area contributed by atoms with E-state index >= 15 is 0 Å². The smallest absolute Gasteiger partial charge is 0.321 e. The van der Waals surface area contributed by atoms with Gasteiger partial charge in [-0.2, -0.15) is 4.72 Å². The molecule has 156 valence electrons. The molecule has 0 spiro atoms. The molecule has 0 bridgehead atoms. The Balaban J connectivity index is 1.44. The lowest BCUT2D eigenvalue weighted by atomic mass is 10.2. The summed E-state index contributed by atoms with van der Waals surface area (Å²) in [5, 5.41) is 0. The second kappa shape index (κ2) is 10.3. The number of hydrogen-bond acceptors (Lipinski definition) is 6. The predicted octanol–water partition coefficient (Wildman–Crippen LogP) is 3.44. The molecule has 0 amide bonds. The highest BCUT2D eigenvalue weighted by atomic mass is 79.9. The molecule has 9 heteroatoms. The molecular weight excluding hydrogens is 472 g/mol. The molecule has 3 rings (SSSR count). The monoisotopic (exact) mass is 490 g/mol. The van der Waals surface area contributed by atoms with E-state index in [0.29, 0.717) is 16.8 Å². The van der Waals surface area contributed by atoms with Crippen LogP contribution in [0.5, 0.6) is 5.75 Å². The van der Waals surface area contributed by atoms with Crippen molar-refractivity contribution in [3.63, 3.8) is 0 Å². The largest absolute Gasteiger partial charge is 0.487 e. The van der Waals surface area contributed by atoms with E-state index in [4.69, 9.17) is 9.47 Å². The highest BCUT2D eigenvalue weighted by Gasteiger charge is 2.16. The molecule has 0 unspecified atom stereocenters. The van der Waals surface area contributed by atoms with Crippen LogP contribution in [0.25, 0.3) is 0 Å². The molecule has 0 saturated heterocycles. The number of sulfonamides is 1. The van der Waals surface area contributed by atoms with Crippen LogP contribution in [0.1, 0.15) is 11.3 Å². The van der Waals surface area contributed by atoms with Gasteiger partial charge in [-0.15, -0.1) is 0 Å². The minimum atomic E-state index is -3.80. The number of rotatable bonds is 9. The summed E-state index contributed by atoms with van der Waals surface area (Å²) in [6.07, 6.45) is 1.70. The Morgan fingerprint density at radius 3 is 2.50 bits per heavy atom. The quantitative estimate of drug-likeness (QED) is 0.461. The van der Waals surface area contributed by atoms with Crippen LogP contribution in [0.15, 0.2) is 82.3 Å². The van der Waals surface area contributed by atoms with Gasteiger partial charge in [-0.25, -0.2) is 8.42 Å². The van der Waals surface area contributed by atoms with E-state index in [1.807, 2.05) is 18.2 Å². The van der Waals surface area contributed by atoms with Crippen molar-refractivity contribution in [2.24, 2.45) is 0 Å². The van der Waals surface area contributed by atoms with Gasteiger partial charge >= 0.3 is 5.97 Å². The second-order valence-electron chi connectivity index (χ2n) is 6.20. The molecule has 1 heterocycles. The highest BCUT2D eigenvalue weighted by Crippen LogP contribution is 2.16. The summed E-state index contributed by atoms with van der Waals surface area (Å²) in [4.78, 5) is 16.1. The van der Waals surface area contributed by atoms with E-state index in [9.17, 15) is 13.2 Å². The molecule has 3 aromatic rings. The standard InChI is InChI=1S/C21H19BrN2O5S/c22-17-4-3-6-20(12-17)30(26,27)24-13-21(25)29-14-16-7-9-19(10-8-16)28-15-18-5-1-2-11-23-18/h1-12,24H,13-15H2. The number of nitrogens with one attached hydrogen (secondary N) is 1. The van der Waals surface area contributed by atoms with E-state index < -0.39 is 22.5 Å². The Labute approximate surface area is 183 Å². The van der Waals surface area contributed by atoms with Gasteiger partial charge in [0.25, 0.3) is 0 Å². The van der Waals surface area contributed by atoms with Gasteiger partial charge in [-0.05, 0) is 48.0 Å². The third-order valence-electron chi connectivity index (χ3n) is 3.95. The Kier molecular flexibility index (Phi) is 7.56. The number of carbonyl (C=O) groups is 1. The zero-order valence-electron chi connectivity index (χ0n) is 15.8. The predicted molar refractivity (Wildman–Crippen MR) is 114 cm³/mol. The van der Waals surface area contributed by atoms with Crippen LogP contribution in [0.2, 0.25) is 0 Å². The third-order valence-corrected chi connectivity index (χ3v) is 5.84. The first-order chi connectivity index (χ1) is 14.4. The van der Waals surface area contributed by atoms with Crippen LogP contribution in [0.4, 0.5) is 0 Å². The number of esters is 1. The first-order valence-corrected chi connectivity index (χ1v) is 11.2. The van der Waals surface area contributed by atoms with Gasteiger partial charge in [-0.1, -0.05) is 40.2 Å². The molecular formula is C21H19BrN2O5S. The van der Waals surface area contributed by atoms with Crippen molar-refractivity contribution in [2.75, 3.05) is 6.54 Å². The fourth-order valence-electron chi connectivity index (χ4n) is 2.41. The first-order valence-electron chi connectivity index (χ1n) is 8.95. The lowest BCUT2D eigenvalue weighted by molar-refractivity contribution is -0.143. The van der Waals surface area contributed by atoms with Crippen LogP contribution in [-0.4, -0.2) is 25.9 Å². The number of benzene rings is 2. The minimum absolute atomic E-state index is 0.0258. The van der Waals surface area contributed by atoms with Crippen LogP contribution in [0, 0.1) is 0 Å². The first kappa shape index (κ1) is 21.9. The number of pyridine rings is 1. The van der Waals surface area contributed by atoms with Crippen molar-refractivity contribution < 1.29 is 22.7 Å². The lowest BCUT2D eigenvalue weighted by Gasteiger charge is -2.09. The van der Waals surface area contributed by atoms with Crippen molar-refractivity contribution in [2.45, 2.75) is 18.1 Å². The molecule has 0 fully saturated rings. The van der Waals surface area contributed by atoms with E-state index in [0.717, 1.165) is 11.3 Å². The molecule has 7 nitrogen and oxygen atoms in total. The normalized spacial score (nSPS) is 11.1. The Bertz CT molecular complexity index is 1090. The summed E-state index contributed by atoms with van der Waals surface area (Å²) in [7, 11) is -3.80. The molecule has 30 heavy (non-hydrogen) atoms. The van der Waals surface area contributed by atoms with Gasteiger partial charge < -0.3 is 9.47 Å². The van der Waals surface area contributed by atoms with E-state index in [1.165, 1.54) is 12.1 Å². The van der Waals surface area contributed by atoms with Gasteiger partial charge in [0.2, 0.25) is 10.0 Å². The summed E-state index contributed by atoms with van der Waals surface area (Å²) < 4.78 is 38.0. The van der Waals surface area contributed by atoms with Crippen molar-refractivity contribution in [3.05, 3.63) is 88.7 Å². The number of hydrogen-bond donors (Lipinski definition) is 1. The van der Waals surface area contributed by atoms with Gasteiger partial charge in [-0.3, -0.25) is 9.78 Å². The van der Waals surface area contributed by atoms with E-state index in [-0.39, 0.29) is 11.5 Å². The minimum Gasteiger partial charge on any atom is -0.487 e. The molecule has 0 aliphatic carbocycles. The lowest BCUT2D eigenvalue weighted by Crippen LogP contribution is -2.30. The van der Waals surface area contributed by atoms with Gasteiger partial charge in [0.1, 0.15) is 25.5 Å². The Morgan fingerprint density at radius 1 is 1.00 bits per heavy atom. The van der Waals surface area contributed by atoms with Crippen molar-refractivity contribution in [1.29, 1.82) is 0 Å². The average molecular weight is 491 g/mol. The summed E-state index contributed by atoms with van der Waals surface area (Å²) in [5.74, 6) is -0.0124. The Morgan fingerprint density at radius 2 is 1.80 bits per heavy atom. The van der Waals surface area contributed by atoms with Crippen LogP contribution < -0.4 is 9.46 Å². The van der Waals surface area contributed by atoms with Crippen LogP contribution in [-0.2, 0) is 32.8 Å². The van der Waals surface area contributed by atoms with Crippen LogP contribution >= 0.6 is 15.9 Å². The molecule has 1 aromatic heterocycles. The fraction of sp³-hybridized carbons (Fsp3) is 0.143. The summed E-state index contributed by atoms with van der Waals surface area (Å²) in [6, 6.07) is 18.9. The molecule has 0 aliphatic heterocycles. The number of carbonyl (C=O) groups excluding carboxylic acids is 1. The molecule has 0 radical (unpaired) electrons. The topological polar surface area (TPSA) is 94.6 Å². The molecule has 1 N–H and O–H groups in total. The zero-order valence-corrected chi connectivity index (χ0v) is 18.2. The number of halogens is 1. The fourth-order valence-corrected chi connectivity index (χ4v) is 3.97. The number of nitrogens with zero attached hydrogens (tertiary/aromatic N) is 1.